The predicted octanol–water partition coefficient (Wildman–Crippen LogP) is 2.51. The summed E-state index contributed by atoms with van der Waals surface area (Å²) in [4.78, 5) is 0. The molecule has 90 valence electrons. The van der Waals surface area contributed by atoms with Gasteiger partial charge in [0.05, 0.1) is 12.6 Å². The highest BCUT2D eigenvalue weighted by atomic mass is 16.5. The third kappa shape index (κ3) is 2.72. The van der Waals surface area contributed by atoms with Gasteiger partial charge < -0.3 is 15.0 Å². The molecular formula is C13H16N2O2. The molecule has 0 fully saturated rings. The van der Waals surface area contributed by atoms with Crippen LogP contribution in [0.5, 0.6) is 0 Å². The maximum atomic E-state index is 5.72. The number of aromatic nitrogens is 1. The average molecular weight is 232 g/mol. The van der Waals surface area contributed by atoms with E-state index in [1.54, 1.807) is 7.11 Å². The van der Waals surface area contributed by atoms with Crippen molar-refractivity contribution in [1.29, 1.82) is 0 Å². The molecule has 17 heavy (non-hydrogen) atoms. The van der Waals surface area contributed by atoms with Gasteiger partial charge in [-0.2, -0.15) is 0 Å². The van der Waals surface area contributed by atoms with Crippen molar-refractivity contribution in [2.24, 2.45) is 5.73 Å². The van der Waals surface area contributed by atoms with Crippen LogP contribution in [0.1, 0.15) is 24.3 Å². The molecular weight excluding hydrogens is 216 g/mol. The second-order valence-electron chi connectivity index (χ2n) is 4.03. The van der Waals surface area contributed by atoms with Crippen molar-refractivity contribution < 1.29 is 9.26 Å². The van der Waals surface area contributed by atoms with Crippen LogP contribution < -0.4 is 5.73 Å². The average Bonchev–Trinajstić information content (AvgIpc) is 2.80. The summed E-state index contributed by atoms with van der Waals surface area (Å²) in [5.41, 5.74) is 8.67. The van der Waals surface area contributed by atoms with E-state index >= 15 is 0 Å². The molecule has 2 N–H and O–H groups in total. The van der Waals surface area contributed by atoms with Gasteiger partial charge in [-0.25, -0.2) is 0 Å². The number of benzene rings is 1. The number of ether oxygens (including phenoxy) is 1. The molecule has 0 spiro atoms. The van der Waals surface area contributed by atoms with Gasteiger partial charge in [-0.1, -0.05) is 29.4 Å². The second-order valence-corrected chi connectivity index (χ2v) is 4.03. The monoisotopic (exact) mass is 232 g/mol. The van der Waals surface area contributed by atoms with Crippen molar-refractivity contribution in [3.63, 3.8) is 0 Å². The highest BCUT2D eigenvalue weighted by Crippen LogP contribution is 2.22. The largest absolute Gasteiger partial charge is 0.380 e. The number of nitrogens with two attached hydrogens (primary N) is 1. The molecule has 1 heterocycles. The molecule has 0 aliphatic heterocycles. The van der Waals surface area contributed by atoms with Crippen LogP contribution in [0.15, 0.2) is 34.9 Å². The summed E-state index contributed by atoms with van der Waals surface area (Å²) in [5.74, 6) is 0.695. The summed E-state index contributed by atoms with van der Waals surface area (Å²) in [6.45, 7) is 2.48. The molecule has 4 nitrogen and oxygen atoms in total. The molecule has 1 aromatic heterocycles. The number of hydrogen-bond donors (Lipinski definition) is 1. The van der Waals surface area contributed by atoms with E-state index in [9.17, 15) is 0 Å². The van der Waals surface area contributed by atoms with E-state index in [1.165, 1.54) is 0 Å². The van der Waals surface area contributed by atoms with Gasteiger partial charge in [-0.05, 0) is 12.5 Å². The zero-order valence-electron chi connectivity index (χ0n) is 10.0. The first kappa shape index (κ1) is 11.8. The summed E-state index contributed by atoms with van der Waals surface area (Å²) in [7, 11) is 1.68. The van der Waals surface area contributed by atoms with Gasteiger partial charge in [0.1, 0.15) is 5.69 Å². The minimum atomic E-state index is -0.135. The lowest BCUT2D eigenvalue weighted by Gasteiger charge is -2.00. The Bertz CT molecular complexity index is 474. The Morgan fingerprint density at radius 2 is 2.06 bits per heavy atom. The van der Waals surface area contributed by atoms with Crippen LogP contribution in [-0.4, -0.2) is 12.3 Å². The molecule has 1 unspecified atom stereocenters. The maximum absolute atomic E-state index is 5.72. The first-order valence-electron chi connectivity index (χ1n) is 5.51. The molecule has 0 amide bonds. The second kappa shape index (κ2) is 5.12. The number of hydrogen-bond acceptors (Lipinski definition) is 4. The van der Waals surface area contributed by atoms with Crippen molar-refractivity contribution in [2.75, 3.05) is 7.11 Å². The zero-order chi connectivity index (χ0) is 12.3. The minimum absolute atomic E-state index is 0.135. The smallest absolute Gasteiger partial charge is 0.153 e. The van der Waals surface area contributed by atoms with E-state index in [-0.39, 0.29) is 6.04 Å². The van der Waals surface area contributed by atoms with Gasteiger partial charge >= 0.3 is 0 Å². The third-order valence-corrected chi connectivity index (χ3v) is 2.54. The van der Waals surface area contributed by atoms with Crippen molar-refractivity contribution in [2.45, 2.75) is 19.6 Å². The summed E-state index contributed by atoms with van der Waals surface area (Å²) < 4.78 is 10.2. The van der Waals surface area contributed by atoms with Gasteiger partial charge in [0.2, 0.25) is 0 Å². The summed E-state index contributed by atoms with van der Waals surface area (Å²) in [5, 5.41) is 4.00. The fourth-order valence-electron chi connectivity index (χ4n) is 1.58. The predicted molar refractivity (Wildman–Crippen MR) is 65.3 cm³/mol. The fourth-order valence-corrected chi connectivity index (χ4v) is 1.58. The summed E-state index contributed by atoms with van der Waals surface area (Å²) in [6, 6.07) is 9.76. The van der Waals surface area contributed by atoms with Crippen molar-refractivity contribution >= 4 is 0 Å². The third-order valence-electron chi connectivity index (χ3n) is 2.54. The molecule has 0 radical (unpaired) electrons. The van der Waals surface area contributed by atoms with Crippen LogP contribution in [-0.2, 0) is 11.3 Å². The van der Waals surface area contributed by atoms with E-state index in [0.29, 0.717) is 12.4 Å². The van der Waals surface area contributed by atoms with Crippen LogP contribution in [0.3, 0.4) is 0 Å². The van der Waals surface area contributed by atoms with Crippen LogP contribution in [0.4, 0.5) is 0 Å². The van der Waals surface area contributed by atoms with E-state index in [2.05, 4.69) is 5.16 Å². The lowest BCUT2D eigenvalue weighted by molar-refractivity contribution is 0.185. The van der Waals surface area contributed by atoms with E-state index in [1.807, 2.05) is 37.3 Å². The molecule has 0 aliphatic rings. The molecule has 0 bridgehead atoms. The van der Waals surface area contributed by atoms with Gasteiger partial charge in [0, 0.05) is 18.7 Å². The molecule has 1 aromatic carbocycles. The molecule has 4 heteroatoms. The van der Waals surface area contributed by atoms with E-state index in [4.69, 9.17) is 15.0 Å². The lowest BCUT2D eigenvalue weighted by atomic mass is 10.1. The first-order valence-corrected chi connectivity index (χ1v) is 5.51. The van der Waals surface area contributed by atoms with Gasteiger partial charge in [0.15, 0.2) is 5.76 Å². The van der Waals surface area contributed by atoms with Crippen LogP contribution >= 0.6 is 0 Å². The quantitative estimate of drug-likeness (QED) is 0.879. The maximum Gasteiger partial charge on any atom is 0.153 e. The van der Waals surface area contributed by atoms with Gasteiger partial charge in [0.25, 0.3) is 0 Å². The highest BCUT2D eigenvalue weighted by Gasteiger charge is 2.09. The molecule has 0 saturated heterocycles. The van der Waals surface area contributed by atoms with Crippen molar-refractivity contribution in [3.8, 4) is 11.3 Å². The zero-order valence-corrected chi connectivity index (χ0v) is 10.0. The topological polar surface area (TPSA) is 61.3 Å². The Morgan fingerprint density at radius 3 is 2.59 bits per heavy atom. The van der Waals surface area contributed by atoms with Gasteiger partial charge in [-0.3, -0.25) is 0 Å². The molecule has 0 saturated carbocycles. The molecule has 1 atom stereocenters. The Balaban J connectivity index is 2.21. The Morgan fingerprint density at radius 1 is 1.35 bits per heavy atom. The Hall–Kier alpha value is -1.65. The van der Waals surface area contributed by atoms with Crippen LogP contribution in [0, 0.1) is 0 Å². The number of rotatable bonds is 4. The SMILES string of the molecule is COCc1ccc(-c2cc(C(C)N)on2)cc1. The first-order chi connectivity index (χ1) is 8.20. The van der Waals surface area contributed by atoms with Crippen LogP contribution in [0.2, 0.25) is 0 Å². The molecule has 2 aromatic rings. The van der Waals surface area contributed by atoms with Gasteiger partial charge in [-0.15, -0.1) is 0 Å². The minimum Gasteiger partial charge on any atom is -0.380 e. The van der Waals surface area contributed by atoms with Crippen LogP contribution in [0.25, 0.3) is 11.3 Å². The number of nitrogens with zero attached hydrogens (tertiary/aromatic N) is 1. The standard InChI is InChI=1S/C13H16N2O2/c1-9(14)13-7-12(15-17-13)11-5-3-10(4-6-11)8-16-2/h3-7,9H,8,14H2,1-2H3. The number of methoxy groups -OCH3 is 1. The normalized spacial score (nSPS) is 12.6. The summed E-state index contributed by atoms with van der Waals surface area (Å²) in [6.07, 6.45) is 0. The van der Waals surface area contributed by atoms with E-state index in [0.717, 1.165) is 16.8 Å². The molecule has 0 aliphatic carbocycles. The molecule has 2 rings (SSSR count). The summed E-state index contributed by atoms with van der Waals surface area (Å²) >= 11 is 0. The Kier molecular flexibility index (Phi) is 3.56. The van der Waals surface area contributed by atoms with E-state index < -0.39 is 0 Å². The van der Waals surface area contributed by atoms with Crippen molar-refractivity contribution in [1.82, 2.24) is 5.16 Å². The lowest BCUT2D eigenvalue weighted by Crippen LogP contribution is -2.02. The highest BCUT2D eigenvalue weighted by molar-refractivity contribution is 5.59. The fraction of sp³-hybridized carbons (Fsp3) is 0.308. The Labute approximate surface area is 100 Å². The van der Waals surface area contributed by atoms with Crippen molar-refractivity contribution in [3.05, 3.63) is 41.7 Å².